The highest BCUT2D eigenvalue weighted by molar-refractivity contribution is 5.22. The van der Waals surface area contributed by atoms with Gasteiger partial charge in [0.2, 0.25) is 0 Å². The van der Waals surface area contributed by atoms with Crippen molar-refractivity contribution in [3.8, 4) is 11.8 Å². The Morgan fingerprint density at radius 1 is 1.24 bits per heavy atom. The molecular weight excluding hydrogens is 204 g/mol. The van der Waals surface area contributed by atoms with E-state index < -0.39 is 0 Å². The van der Waals surface area contributed by atoms with Gasteiger partial charge in [0.05, 0.1) is 0 Å². The zero-order chi connectivity index (χ0) is 11.9. The monoisotopic (exact) mass is 226 g/mol. The first-order chi connectivity index (χ1) is 8.40. The fourth-order valence-corrected chi connectivity index (χ4v) is 2.32. The van der Waals surface area contributed by atoms with Crippen molar-refractivity contribution in [3.63, 3.8) is 0 Å². The van der Waals surface area contributed by atoms with Crippen LogP contribution < -0.4 is 0 Å². The maximum atomic E-state index is 3.82. The molecule has 0 bridgehead atoms. The van der Waals surface area contributed by atoms with E-state index in [0.717, 1.165) is 18.8 Å². The molecule has 0 heteroatoms. The van der Waals surface area contributed by atoms with Crippen molar-refractivity contribution in [2.45, 2.75) is 44.9 Å². The Hall–Kier alpha value is -1.22. The van der Waals surface area contributed by atoms with E-state index >= 15 is 0 Å². The largest absolute Gasteiger partial charge is 0.103 e. The fourth-order valence-electron chi connectivity index (χ4n) is 2.32. The van der Waals surface area contributed by atoms with Crippen LogP contribution in [0.4, 0.5) is 0 Å². The molecule has 0 N–H and O–H groups in total. The van der Waals surface area contributed by atoms with Crippen molar-refractivity contribution < 1.29 is 0 Å². The summed E-state index contributed by atoms with van der Waals surface area (Å²) in [5.41, 5.74) is 1.48. The molecular formula is C17H22. The Morgan fingerprint density at radius 2 is 2.12 bits per heavy atom. The van der Waals surface area contributed by atoms with Gasteiger partial charge in [-0.1, -0.05) is 42.4 Å². The summed E-state index contributed by atoms with van der Waals surface area (Å²) < 4.78 is 0. The van der Waals surface area contributed by atoms with Gasteiger partial charge in [-0.25, -0.2) is 0 Å². The van der Waals surface area contributed by atoms with Crippen LogP contribution in [0.1, 0.15) is 44.9 Å². The van der Waals surface area contributed by atoms with Crippen LogP contribution in [-0.4, -0.2) is 0 Å². The molecule has 1 fully saturated rings. The van der Waals surface area contributed by atoms with E-state index in [-0.39, 0.29) is 0 Å². The van der Waals surface area contributed by atoms with Crippen LogP contribution in [0.2, 0.25) is 0 Å². The summed E-state index contributed by atoms with van der Waals surface area (Å²) >= 11 is 0. The SMILES string of the molecule is C=C/C=C(\CC#CCC1CC1)C1CC=CCC1. The third-order valence-corrected chi connectivity index (χ3v) is 3.63. The smallest absolute Gasteiger partial charge is 0.0305 e. The summed E-state index contributed by atoms with van der Waals surface area (Å²) in [6.45, 7) is 3.82. The molecule has 0 aromatic carbocycles. The van der Waals surface area contributed by atoms with Gasteiger partial charge in [0, 0.05) is 12.8 Å². The molecule has 0 aromatic heterocycles. The molecule has 90 valence electrons. The molecule has 0 saturated heterocycles. The van der Waals surface area contributed by atoms with Gasteiger partial charge in [-0.05, 0) is 43.9 Å². The van der Waals surface area contributed by atoms with Crippen LogP contribution in [0.3, 0.4) is 0 Å². The standard InChI is InChI=1S/C17H22/c1-2-8-16(17-10-4-3-5-11-17)12-7-6-9-15-13-14-15/h2-4,8,15,17H,1,5,9-14H2/b16-8+. The van der Waals surface area contributed by atoms with Crippen LogP contribution in [0.25, 0.3) is 0 Å². The third kappa shape index (κ3) is 4.27. The predicted molar refractivity (Wildman–Crippen MR) is 74.5 cm³/mol. The van der Waals surface area contributed by atoms with E-state index in [0.29, 0.717) is 5.92 Å². The Balaban J connectivity index is 1.86. The van der Waals surface area contributed by atoms with Gasteiger partial charge >= 0.3 is 0 Å². The maximum Gasteiger partial charge on any atom is 0.0305 e. The summed E-state index contributed by atoms with van der Waals surface area (Å²) in [6.07, 6.45) is 17.2. The highest BCUT2D eigenvalue weighted by atomic mass is 14.2. The van der Waals surface area contributed by atoms with Crippen molar-refractivity contribution in [2.75, 3.05) is 0 Å². The summed E-state index contributed by atoms with van der Waals surface area (Å²) in [4.78, 5) is 0. The molecule has 0 spiro atoms. The second-order valence-corrected chi connectivity index (χ2v) is 5.14. The van der Waals surface area contributed by atoms with Gasteiger partial charge in [0.1, 0.15) is 0 Å². The summed E-state index contributed by atoms with van der Waals surface area (Å²) in [5.74, 6) is 8.31. The summed E-state index contributed by atoms with van der Waals surface area (Å²) in [6, 6.07) is 0. The van der Waals surface area contributed by atoms with Crippen LogP contribution in [-0.2, 0) is 0 Å². The van der Waals surface area contributed by atoms with Gasteiger partial charge in [-0.15, -0.1) is 5.92 Å². The lowest BCUT2D eigenvalue weighted by Crippen LogP contribution is -2.05. The van der Waals surface area contributed by atoms with Crippen molar-refractivity contribution >= 4 is 0 Å². The number of hydrogen-bond acceptors (Lipinski definition) is 0. The lowest BCUT2D eigenvalue weighted by molar-refractivity contribution is 0.546. The summed E-state index contributed by atoms with van der Waals surface area (Å²) in [7, 11) is 0. The molecule has 0 radical (unpaired) electrons. The average molecular weight is 226 g/mol. The molecule has 17 heavy (non-hydrogen) atoms. The second kappa shape index (κ2) is 6.50. The van der Waals surface area contributed by atoms with Gasteiger partial charge in [0.15, 0.2) is 0 Å². The van der Waals surface area contributed by atoms with Crippen LogP contribution >= 0.6 is 0 Å². The van der Waals surface area contributed by atoms with Crippen LogP contribution in [0.15, 0.2) is 36.5 Å². The third-order valence-electron chi connectivity index (χ3n) is 3.63. The Labute approximate surface area is 105 Å². The van der Waals surface area contributed by atoms with E-state index in [1.807, 2.05) is 6.08 Å². The topological polar surface area (TPSA) is 0 Å². The molecule has 2 aliphatic carbocycles. The number of hydrogen-bond donors (Lipinski definition) is 0. The zero-order valence-electron chi connectivity index (χ0n) is 10.6. The molecule has 2 rings (SSSR count). The van der Waals surface area contributed by atoms with Gasteiger partial charge in [-0.3, -0.25) is 0 Å². The Bertz CT molecular complexity index is 369. The molecule has 1 unspecified atom stereocenters. The van der Waals surface area contributed by atoms with Crippen LogP contribution in [0, 0.1) is 23.7 Å². The predicted octanol–water partition coefficient (Wildman–Crippen LogP) is 4.65. The number of allylic oxidation sites excluding steroid dienone is 5. The molecule has 1 saturated carbocycles. The lowest BCUT2D eigenvalue weighted by Gasteiger charge is -2.19. The average Bonchev–Trinajstić information content (AvgIpc) is 3.18. The minimum absolute atomic E-state index is 0.702. The molecule has 0 aliphatic heterocycles. The minimum Gasteiger partial charge on any atom is -0.103 e. The highest BCUT2D eigenvalue weighted by Gasteiger charge is 2.19. The number of rotatable bonds is 4. The minimum atomic E-state index is 0.702. The van der Waals surface area contributed by atoms with E-state index in [1.54, 1.807) is 0 Å². The van der Waals surface area contributed by atoms with Crippen LogP contribution in [0.5, 0.6) is 0 Å². The highest BCUT2D eigenvalue weighted by Crippen LogP contribution is 2.32. The first-order valence-electron chi connectivity index (χ1n) is 6.82. The van der Waals surface area contributed by atoms with Crippen molar-refractivity contribution in [1.29, 1.82) is 0 Å². The zero-order valence-corrected chi connectivity index (χ0v) is 10.6. The molecule has 0 nitrogen and oxygen atoms in total. The van der Waals surface area contributed by atoms with Gasteiger partial charge in [-0.2, -0.15) is 0 Å². The second-order valence-electron chi connectivity index (χ2n) is 5.14. The van der Waals surface area contributed by atoms with Crippen molar-refractivity contribution in [2.24, 2.45) is 11.8 Å². The van der Waals surface area contributed by atoms with Gasteiger partial charge < -0.3 is 0 Å². The maximum absolute atomic E-state index is 3.82. The first-order valence-corrected chi connectivity index (χ1v) is 6.82. The molecule has 1 atom stereocenters. The molecule has 2 aliphatic rings. The Kier molecular flexibility index (Phi) is 4.68. The molecule has 0 amide bonds. The Morgan fingerprint density at radius 3 is 2.76 bits per heavy atom. The van der Waals surface area contributed by atoms with Gasteiger partial charge in [0.25, 0.3) is 0 Å². The van der Waals surface area contributed by atoms with E-state index in [2.05, 4.69) is 36.6 Å². The van der Waals surface area contributed by atoms with E-state index in [1.165, 1.54) is 37.7 Å². The van der Waals surface area contributed by atoms with E-state index in [4.69, 9.17) is 0 Å². The fraction of sp³-hybridized carbons (Fsp3) is 0.529. The van der Waals surface area contributed by atoms with E-state index in [9.17, 15) is 0 Å². The summed E-state index contributed by atoms with van der Waals surface area (Å²) in [5, 5.41) is 0. The lowest BCUT2D eigenvalue weighted by atomic mass is 9.85. The normalized spacial score (nSPS) is 24.0. The van der Waals surface area contributed by atoms with Crippen molar-refractivity contribution in [1.82, 2.24) is 0 Å². The quantitative estimate of drug-likeness (QED) is 0.372. The molecule has 0 aromatic rings. The van der Waals surface area contributed by atoms with Crippen molar-refractivity contribution in [3.05, 3.63) is 36.5 Å². The molecule has 0 heterocycles. The first kappa shape index (κ1) is 12.2.